The number of aromatic amines is 1. The third-order valence-corrected chi connectivity index (χ3v) is 3.06. The smallest absolute Gasteiger partial charge is 0.326 e. The molecular weight excluding hydrogens is 246 g/mol. The molecule has 0 aliphatic rings. The number of amides is 1. The van der Waals surface area contributed by atoms with Crippen molar-refractivity contribution in [2.45, 2.75) is 39.7 Å². The minimum atomic E-state index is -1.01. The standard InChI is InChI=1S/C13H21N3O3/c1-7(2)9-6-10(15-14-9)12(17)16(5)11(8(3)4)13(18)19/h6-8,11H,1-5H3,(H,14,15)(H,18,19). The molecule has 6 nitrogen and oxygen atoms in total. The summed E-state index contributed by atoms with van der Waals surface area (Å²) in [5.74, 6) is -1.33. The molecule has 0 aliphatic heterocycles. The second kappa shape index (κ2) is 5.86. The molecular formula is C13H21N3O3. The zero-order valence-corrected chi connectivity index (χ0v) is 12.0. The fourth-order valence-electron chi connectivity index (χ4n) is 1.95. The first-order valence-corrected chi connectivity index (χ1v) is 6.31. The average Bonchev–Trinajstić information content (AvgIpc) is 2.75. The summed E-state index contributed by atoms with van der Waals surface area (Å²) in [6.07, 6.45) is 0. The Morgan fingerprint density at radius 2 is 1.89 bits per heavy atom. The van der Waals surface area contributed by atoms with E-state index in [1.54, 1.807) is 19.9 Å². The second-order valence-electron chi connectivity index (χ2n) is 5.31. The predicted molar refractivity (Wildman–Crippen MR) is 71.0 cm³/mol. The number of carbonyl (C=O) groups excluding carboxylic acids is 1. The lowest BCUT2D eigenvalue weighted by molar-refractivity contribution is -0.143. The van der Waals surface area contributed by atoms with Crippen molar-refractivity contribution in [1.29, 1.82) is 0 Å². The van der Waals surface area contributed by atoms with Gasteiger partial charge in [-0.2, -0.15) is 5.10 Å². The molecule has 2 N–H and O–H groups in total. The Labute approximate surface area is 112 Å². The summed E-state index contributed by atoms with van der Waals surface area (Å²) in [4.78, 5) is 24.6. The van der Waals surface area contributed by atoms with Crippen molar-refractivity contribution in [3.8, 4) is 0 Å². The molecule has 1 heterocycles. The lowest BCUT2D eigenvalue weighted by Crippen LogP contribution is -2.45. The summed E-state index contributed by atoms with van der Waals surface area (Å²) < 4.78 is 0. The fourth-order valence-corrected chi connectivity index (χ4v) is 1.95. The number of H-pyrrole nitrogens is 1. The third-order valence-electron chi connectivity index (χ3n) is 3.06. The molecule has 6 heteroatoms. The van der Waals surface area contributed by atoms with Crippen LogP contribution in [0.25, 0.3) is 0 Å². The average molecular weight is 267 g/mol. The molecule has 0 radical (unpaired) electrons. The number of carboxylic acids is 1. The molecule has 1 aromatic heterocycles. The molecule has 1 aromatic rings. The van der Waals surface area contributed by atoms with Crippen LogP contribution < -0.4 is 0 Å². The Kier molecular flexibility index (Phi) is 4.69. The topological polar surface area (TPSA) is 86.3 Å². The lowest BCUT2D eigenvalue weighted by atomic mass is 10.0. The van der Waals surface area contributed by atoms with Crippen LogP contribution in [0.2, 0.25) is 0 Å². The fraction of sp³-hybridized carbons (Fsp3) is 0.615. The summed E-state index contributed by atoms with van der Waals surface area (Å²) in [6, 6.07) is 0.814. The minimum absolute atomic E-state index is 0.171. The van der Waals surface area contributed by atoms with E-state index in [-0.39, 0.29) is 23.4 Å². The van der Waals surface area contributed by atoms with Gasteiger partial charge in [0.2, 0.25) is 0 Å². The maximum atomic E-state index is 12.2. The molecule has 1 atom stereocenters. The molecule has 0 aliphatic carbocycles. The van der Waals surface area contributed by atoms with E-state index in [2.05, 4.69) is 10.2 Å². The zero-order chi connectivity index (χ0) is 14.7. The summed E-state index contributed by atoms with van der Waals surface area (Å²) >= 11 is 0. The van der Waals surface area contributed by atoms with Crippen molar-refractivity contribution < 1.29 is 14.7 Å². The minimum Gasteiger partial charge on any atom is -0.480 e. The number of aromatic nitrogens is 2. The van der Waals surface area contributed by atoms with E-state index in [9.17, 15) is 14.7 Å². The van der Waals surface area contributed by atoms with Crippen LogP contribution in [0.15, 0.2) is 6.07 Å². The van der Waals surface area contributed by atoms with E-state index in [1.165, 1.54) is 11.9 Å². The van der Waals surface area contributed by atoms with Crippen molar-refractivity contribution in [2.24, 2.45) is 5.92 Å². The highest BCUT2D eigenvalue weighted by molar-refractivity contribution is 5.95. The predicted octanol–water partition coefficient (Wildman–Crippen LogP) is 1.71. The van der Waals surface area contributed by atoms with Gasteiger partial charge in [-0.1, -0.05) is 27.7 Å². The van der Waals surface area contributed by atoms with E-state index in [4.69, 9.17) is 0 Å². The Hall–Kier alpha value is -1.85. The van der Waals surface area contributed by atoms with Crippen molar-refractivity contribution >= 4 is 11.9 Å². The van der Waals surface area contributed by atoms with Gasteiger partial charge in [0.05, 0.1) is 0 Å². The van der Waals surface area contributed by atoms with Crippen LogP contribution >= 0.6 is 0 Å². The van der Waals surface area contributed by atoms with Crippen molar-refractivity contribution in [2.75, 3.05) is 7.05 Å². The van der Waals surface area contributed by atoms with Gasteiger partial charge in [0.25, 0.3) is 5.91 Å². The number of carbonyl (C=O) groups is 2. The van der Waals surface area contributed by atoms with E-state index < -0.39 is 12.0 Å². The molecule has 0 saturated carbocycles. The molecule has 0 saturated heterocycles. The first-order valence-electron chi connectivity index (χ1n) is 6.31. The van der Waals surface area contributed by atoms with E-state index in [1.807, 2.05) is 13.8 Å². The maximum absolute atomic E-state index is 12.2. The van der Waals surface area contributed by atoms with Gasteiger partial charge in [0, 0.05) is 12.7 Å². The van der Waals surface area contributed by atoms with Gasteiger partial charge < -0.3 is 10.0 Å². The molecule has 1 rings (SSSR count). The zero-order valence-electron chi connectivity index (χ0n) is 12.0. The van der Waals surface area contributed by atoms with E-state index in [0.717, 1.165) is 5.69 Å². The van der Waals surface area contributed by atoms with Crippen LogP contribution in [-0.4, -0.2) is 45.2 Å². The summed E-state index contributed by atoms with van der Waals surface area (Å²) in [5, 5.41) is 15.9. The van der Waals surface area contributed by atoms with Crippen LogP contribution in [0.5, 0.6) is 0 Å². The molecule has 1 unspecified atom stereocenters. The Bertz CT molecular complexity index is 465. The van der Waals surface area contributed by atoms with Crippen LogP contribution in [0, 0.1) is 5.92 Å². The van der Waals surface area contributed by atoms with Crippen molar-refractivity contribution in [1.82, 2.24) is 15.1 Å². The summed E-state index contributed by atoms with van der Waals surface area (Å²) in [5.41, 5.74) is 1.10. The number of likely N-dealkylation sites (N-methyl/N-ethyl adjacent to an activating group) is 1. The highest BCUT2D eigenvalue weighted by Gasteiger charge is 2.31. The number of hydrogen-bond donors (Lipinski definition) is 2. The molecule has 0 spiro atoms. The van der Waals surface area contributed by atoms with Gasteiger partial charge in [-0.05, 0) is 17.9 Å². The van der Waals surface area contributed by atoms with Crippen LogP contribution in [0.4, 0.5) is 0 Å². The molecule has 1 amide bonds. The second-order valence-corrected chi connectivity index (χ2v) is 5.31. The number of aliphatic carboxylic acids is 1. The normalized spacial score (nSPS) is 12.8. The van der Waals surface area contributed by atoms with Crippen LogP contribution in [-0.2, 0) is 4.79 Å². The molecule has 0 fully saturated rings. The van der Waals surface area contributed by atoms with Gasteiger partial charge in [0.1, 0.15) is 11.7 Å². The van der Waals surface area contributed by atoms with Gasteiger partial charge in [-0.15, -0.1) is 0 Å². The molecule has 0 bridgehead atoms. The Balaban J connectivity index is 2.94. The first kappa shape index (κ1) is 15.2. The Morgan fingerprint density at radius 1 is 1.32 bits per heavy atom. The maximum Gasteiger partial charge on any atom is 0.326 e. The van der Waals surface area contributed by atoms with E-state index in [0.29, 0.717) is 0 Å². The Morgan fingerprint density at radius 3 is 2.26 bits per heavy atom. The highest BCUT2D eigenvalue weighted by atomic mass is 16.4. The molecule has 106 valence electrons. The van der Waals surface area contributed by atoms with Crippen LogP contribution in [0.1, 0.15) is 49.8 Å². The van der Waals surface area contributed by atoms with Gasteiger partial charge in [-0.25, -0.2) is 4.79 Å². The number of nitrogens with zero attached hydrogens (tertiary/aromatic N) is 2. The van der Waals surface area contributed by atoms with E-state index >= 15 is 0 Å². The quantitative estimate of drug-likeness (QED) is 0.850. The number of hydrogen-bond acceptors (Lipinski definition) is 3. The number of rotatable bonds is 5. The SMILES string of the molecule is CC(C)c1cc(C(=O)N(C)C(C(=O)O)C(C)C)n[nH]1. The highest BCUT2D eigenvalue weighted by Crippen LogP contribution is 2.16. The molecule has 19 heavy (non-hydrogen) atoms. The van der Waals surface area contributed by atoms with Gasteiger partial charge >= 0.3 is 5.97 Å². The number of carboxylic acid groups (broad SMARTS) is 1. The molecule has 0 aromatic carbocycles. The summed E-state index contributed by atoms with van der Waals surface area (Å²) in [7, 11) is 1.49. The van der Waals surface area contributed by atoms with Gasteiger partial charge in [-0.3, -0.25) is 9.89 Å². The first-order chi connectivity index (χ1) is 8.75. The van der Waals surface area contributed by atoms with Crippen molar-refractivity contribution in [3.05, 3.63) is 17.5 Å². The monoisotopic (exact) mass is 267 g/mol. The largest absolute Gasteiger partial charge is 0.480 e. The van der Waals surface area contributed by atoms with Crippen LogP contribution in [0.3, 0.4) is 0 Å². The summed E-state index contributed by atoms with van der Waals surface area (Å²) in [6.45, 7) is 7.51. The third kappa shape index (κ3) is 3.33. The van der Waals surface area contributed by atoms with Gasteiger partial charge in [0.15, 0.2) is 0 Å². The number of nitrogens with one attached hydrogen (secondary N) is 1. The lowest BCUT2D eigenvalue weighted by Gasteiger charge is -2.26. The van der Waals surface area contributed by atoms with Crippen molar-refractivity contribution in [3.63, 3.8) is 0 Å².